The molecule has 0 saturated carbocycles. The van der Waals surface area contributed by atoms with E-state index in [2.05, 4.69) is 0 Å². The first-order chi connectivity index (χ1) is 10.9. The van der Waals surface area contributed by atoms with Gasteiger partial charge in [0.1, 0.15) is 5.82 Å². The van der Waals surface area contributed by atoms with Crippen LogP contribution in [0.3, 0.4) is 0 Å². The van der Waals surface area contributed by atoms with Crippen LogP contribution in [0.5, 0.6) is 0 Å². The molecule has 0 fully saturated rings. The largest absolute Gasteiger partial charge is 0.389 e. The van der Waals surface area contributed by atoms with Crippen LogP contribution in [0.1, 0.15) is 25.0 Å². The quantitative estimate of drug-likeness (QED) is 0.666. The summed E-state index contributed by atoms with van der Waals surface area (Å²) in [7, 11) is 1.83. The van der Waals surface area contributed by atoms with Crippen molar-refractivity contribution in [2.75, 3.05) is 33.4 Å². The van der Waals surface area contributed by atoms with E-state index in [0.717, 1.165) is 5.56 Å². The van der Waals surface area contributed by atoms with Gasteiger partial charge in [0.05, 0.1) is 43.7 Å². The highest BCUT2D eigenvalue weighted by Gasteiger charge is 2.11. The fraction of sp³-hybridized carbons (Fsp3) is 0.588. The van der Waals surface area contributed by atoms with E-state index < -0.39 is 11.9 Å². The SMILES string of the molecule is CC(C)OCCOCC(O)CN(C)Cc1ccc(F)cc1C#N. The van der Waals surface area contributed by atoms with E-state index in [-0.39, 0.29) is 12.7 Å². The zero-order chi connectivity index (χ0) is 17.2. The molecule has 0 aliphatic heterocycles. The fourth-order valence-corrected chi connectivity index (χ4v) is 2.12. The standard InChI is InChI=1S/C17H25FN2O3/c1-13(2)23-7-6-22-12-17(21)11-20(3)10-14-4-5-16(18)8-15(14)9-19/h4-5,8,13,17,21H,6-7,10-12H2,1-3H3. The van der Waals surface area contributed by atoms with Crippen LogP contribution in [0.4, 0.5) is 4.39 Å². The first-order valence-corrected chi connectivity index (χ1v) is 7.66. The van der Waals surface area contributed by atoms with E-state index in [1.807, 2.05) is 31.9 Å². The Morgan fingerprint density at radius 1 is 1.35 bits per heavy atom. The summed E-state index contributed by atoms with van der Waals surface area (Å²) in [6, 6.07) is 6.13. The van der Waals surface area contributed by atoms with Gasteiger partial charge in [-0.25, -0.2) is 4.39 Å². The van der Waals surface area contributed by atoms with Gasteiger partial charge in [-0.15, -0.1) is 0 Å². The second kappa shape index (κ2) is 10.3. The molecule has 1 rings (SSSR count). The average molecular weight is 324 g/mol. The molecule has 128 valence electrons. The van der Waals surface area contributed by atoms with Crippen LogP contribution in [0.25, 0.3) is 0 Å². The molecule has 0 saturated heterocycles. The molecule has 23 heavy (non-hydrogen) atoms. The van der Waals surface area contributed by atoms with Crippen LogP contribution in [0, 0.1) is 17.1 Å². The van der Waals surface area contributed by atoms with E-state index in [9.17, 15) is 9.50 Å². The highest BCUT2D eigenvalue weighted by atomic mass is 19.1. The van der Waals surface area contributed by atoms with Crippen molar-refractivity contribution in [3.05, 3.63) is 35.1 Å². The van der Waals surface area contributed by atoms with Crippen LogP contribution in [0.15, 0.2) is 18.2 Å². The Balaban J connectivity index is 2.33. The second-order valence-corrected chi connectivity index (χ2v) is 5.76. The summed E-state index contributed by atoms with van der Waals surface area (Å²) in [4.78, 5) is 1.87. The molecule has 1 N–H and O–H groups in total. The minimum absolute atomic E-state index is 0.166. The summed E-state index contributed by atoms with van der Waals surface area (Å²) in [5, 5.41) is 19.0. The third-order valence-corrected chi connectivity index (χ3v) is 3.14. The Kier molecular flexibility index (Phi) is 8.74. The molecular weight excluding hydrogens is 299 g/mol. The van der Waals surface area contributed by atoms with Crippen LogP contribution >= 0.6 is 0 Å². The number of halogens is 1. The maximum atomic E-state index is 13.1. The lowest BCUT2D eigenvalue weighted by Crippen LogP contribution is -2.32. The molecule has 5 nitrogen and oxygen atoms in total. The number of rotatable bonds is 10. The molecule has 0 amide bonds. The summed E-state index contributed by atoms with van der Waals surface area (Å²) in [5.41, 5.74) is 1.04. The number of aliphatic hydroxyl groups excluding tert-OH is 1. The molecule has 0 spiro atoms. The normalized spacial score (nSPS) is 12.6. The monoisotopic (exact) mass is 324 g/mol. The van der Waals surface area contributed by atoms with Gasteiger partial charge in [0, 0.05) is 13.1 Å². The first-order valence-electron chi connectivity index (χ1n) is 7.66. The summed E-state index contributed by atoms with van der Waals surface area (Å²) in [6.45, 7) is 5.92. The Morgan fingerprint density at radius 3 is 2.74 bits per heavy atom. The smallest absolute Gasteiger partial charge is 0.124 e. The maximum absolute atomic E-state index is 13.1. The van der Waals surface area contributed by atoms with Gasteiger partial charge in [-0.2, -0.15) is 5.26 Å². The van der Waals surface area contributed by atoms with Gasteiger partial charge in [0.25, 0.3) is 0 Å². The lowest BCUT2D eigenvalue weighted by Gasteiger charge is -2.21. The van der Waals surface area contributed by atoms with Gasteiger partial charge in [-0.05, 0) is 38.6 Å². The predicted octanol–water partition coefficient (Wildman–Crippen LogP) is 1.93. The minimum atomic E-state index is -0.634. The van der Waals surface area contributed by atoms with E-state index in [1.165, 1.54) is 12.1 Å². The second-order valence-electron chi connectivity index (χ2n) is 5.76. The minimum Gasteiger partial charge on any atom is -0.389 e. The molecule has 0 aromatic heterocycles. The molecule has 0 bridgehead atoms. The van der Waals surface area contributed by atoms with E-state index in [4.69, 9.17) is 14.7 Å². The number of hydrogen-bond acceptors (Lipinski definition) is 5. The van der Waals surface area contributed by atoms with Gasteiger partial charge in [-0.3, -0.25) is 4.90 Å². The molecule has 0 aliphatic rings. The number of aliphatic hydroxyl groups is 1. The number of nitriles is 1. The molecule has 1 atom stereocenters. The summed E-state index contributed by atoms with van der Waals surface area (Å²) in [6.07, 6.45) is -0.468. The molecule has 0 aliphatic carbocycles. The van der Waals surface area contributed by atoms with Crippen molar-refractivity contribution in [1.82, 2.24) is 4.90 Å². The molecule has 1 unspecified atom stereocenters. The van der Waals surface area contributed by atoms with E-state index in [1.54, 1.807) is 6.07 Å². The maximum Gasteiger partial charge on any atom is 0.124 e. The predicted molar refractivity (Wildman–Crippen MR) is 85.4 cm³/mol. The third kappa shape index (κ3) is 8.05. The van der Waals surface area contributed by atoms with Crippen LogP contribution in [-0.4, -0.2) is 55.6 Å². The highest BCUT2D eigenvalue weighted by molar-refractivity contribution is 5.37. The van der Waals surface area contributed by atoms with Crippen molar-refractivity contribution in [2.45, 2.75) is 32.6 Å². The van der Waals surface area contributed by atoms with Crippen LogP contribution in [-0.2, 0) is 16.0 Å². The number of likely N-dealkylation sites (N-methyl/N-ethyl adjacent to an activating group) is 1. The van der Waals surface area contributed by atoms with Gasteiger partial charge in [0.15, 0.2) is 0 Å². The summed E-state index contributed by atoms with van der Waals surface area (Å²) in [5.74, 6) is -0.426. The van der Waals surface area contributed by atoms with Gasteiger partial charge in [0.2, 0.25) is 0 Å². The average Bonchev–Trinajstić information content (AvgIpc) is 2.48. The van der Waals surface area contributed by atoms with Crippen LogP contribution < -0.4 is 0 Å². The molecule has 1 aromatic rings. The zero-order valence-electron chi connectivity index (χ0n) is 14.0. The molecule has 0 radical (unpaired) electrons. The zero-order valence-corrected chi connectivity index (χ0v) is 14.0. The first kappa shape index (κ1) is 19.5. The van der Waals surface area contributed by atoms with Crippen molar-refractivity contribution in [1.29, 1.82) is 5.26 Å². The third-order valence-electron chi connectivity index (χ3n) is 3.14. The Labute approximate surface area is 137 Å². The summed E-state index contributed by atoms with van der Waals surface area (Å²) < 4.78 is 23.8. The van der Waals surface area contributed by atoms with Crippen molar-refractivity contribution < 1.29 is 19.0 Å². The van der Waals surface area contributed by atoms with Crippen molar-refractivity contribution in [2.24, 2.45) is 0 Å². The highest BCUT2D eigenvalue weighted by Crippen LogP contribution is 2.12. The van der Waals surface area contributed by atoms with Crippen molar-refractivity contribution >= 4 is 0 Å². The lowest BCUT2D eigenvalue weighted by atomic mass is 10.1. The number of hydrogen-bond donors (Lipinski definition) is 1. The summed E-state index contributed by atoms with van der Waals surface area (Å²) >= 11 is 0. The van der Waals surface area contributed by atoms with E-state index >= 15 is 0 Å². The Hall–Kier alpha value is -1.52. The molecule has 6 heteroatoms. The van der Waals surface area contributed by atoms with Gasteiger partial charge in [-0.1, -0.05) is 6.07 Å². The lowest BCUT2D eigenvalue weighted by molar-refractivity contribution is -0.0174. The fourth-order valence-electron chi connectivity index (χ4n) is 2.12. The number of benzene rings is 1. The van der Waals surface area contributed by atoms with Crippen LogP contribution in [0.2, 0.25) is 0 Å². The van der Waals surface area contributed by atoms with Crippen molar-refractivity contribution in [3.63, 3.8) is 0 Å². The number of nitrogens with zero attached hydrogens (tertiary/aromatic N) is 2. The Morgan fingerprint density at radius 2 is 2.09 bits per heavy atom. The van der Waals surface area contributed by atoms with Gasteiger partial charge >= 0.3 is 0 Å². The molecule has 1 aromatic carbocycles. The Bertz CT molecular complexity index is 517. The van der Waals surface area contributed by atoms with Gasteiger partial charge < -0.3 is 14.6 Å². The molecule has 0 heterocycles. The molecular formula is C17H25FN2O3. The topological polar surface area (TPSA) is 65.7 Å². The number of ether oxygens (including phenoxy) is 2. The van der Waals surface area contributed by atoms with Crippen molar-refractivity contribution in [3.8, 4) is 6.07 Å². The van der Waals surface area contributed by atoms with E-state index in [0.29, 0.717) is 31.9 Å².